The number of azide groups is 1. The first-order valence-electron chi connectivity index (χ1n) is 10.5. The highest BCUT2D eigenvalue weighted by atomic mass is 35.5. The predicted octanol–water partition coefficient (Wildman–Crippen LogP) is 5.95. The molecule has 13 heteroatoms. The van der Waals surface area contributed by atoms with E-state index < -0.39 is 11.7 Å². The Morgan fingerprint density at radius 1 is 1.23 bits per heavy atom. The third kappa shape index (κ3) is 7.38. The van der Waals surface area contributed by atoms with Crippen LogP contribution >= 0.6 is 23.4 Å². The molecule has 0 aliphatic heterocycles. The quantitative estimate of drug-likeness (QED) is 0.134. The van der Waals surface area contributed by atoms with Crippen molar-refractivity contribution in [3.05, 3.63) is 81.7 Å². The number of pyridine rings is 1. The van der Waals surface area contributed by atoms with Gasteiger partial charge in [-0.2, -0.15) is 30.0 Å². The smallest absolute Gasteiger partial charge is 0.308 e. The number of aryl methyl sites for hydroxylation is 1. The van der Waals surface area contributed by atoms with Gasteiger partial charge in [0, 0.05) is 36.4 Å². The average Bonchev–Trinajstić information content (AvgIpc) is 3.23. The first kappa shape index (κ1) is 26.4. The molecule has 0 aliphatic rings. The summed E-state index contributed by atoms with van der Waals surface area (Å²) in [6.07, 6.45) is 0.754. The second-order valence-corrected chi connectivity index (χ2v) is 8.81. The van der Waals surface area contributed by atoms with Crippen LogP contribution in [0.15, 0.2) is 60.1 Å². The molecule has 3 rings (SSSR count). The summed E-state index contributed by atoms with van der Waals surface area (Å²) in [6.45, 7) is 0.142. The van der Waals surface area contributed by atoms with Crippen molar-refractivity contribution < 1.29 is 18.0 Å². The van der Waals surface area contributed by atoms with Crippen LogP contribution in [0, 0.1) is 0 Å². The van der Waals surface area contributed by atoms with E-state index in [-0.39, 0.29) is 42.6 Å². The van der Waals surface area contributed by atoms with Crippen LogP contribution < -0.4 is 4.90 Å². The molecule has 0 fully saturated rings. The maximum atomic E-state index is 13.1. The Labute approximate surface area is 208 Å². The first-order valence-corrected chi connectivity index (χ1v) is 12.0. The zero-order chi connectivity index (χ0) is 25.3. The van der Waals surface area contributed by atoms with Gasteiger partial charge < -0.3 is 4.90 Å². The van der Waals surface area contributed by atoms with Gasteiger partial charge in [0.05, 0.1) is 23.6 Å². The Balaban J connectivity index is 1.62. The van der Waals surface area contributed by atoms with E-state index in [0.717, 1.165) is 6.07 Å². The number of halogens is 4. The highest BCUT2D eigenvalue weighted by Gasteiger charge is 2.32. The number of carbonyl (C=O) groups excluding carboxylic acids is 1. The summed E-state index contributed by atoms with van der Waals surface area (Å²) in [5, 5.41) is 7.82. The molecule has 0 aliphatic carbocycles. The number of nitrogens with zero attached hydrogens (tertiary/aromatic N) is 7. The summed E-state index contributed by atoms with van der Waals surface area (Å²) in [5.74, 6) is 0.562. The van der Waals surface area contributed by atoms with Crippen molar-refractivity contribution in [1.29, 1.82) is 0 Å². The minimum absolute atomic E-state index is 0.0397. The van der Waals surface area contributed by atoms with Crippen LogP contribution in [0.3, 0.4) is 0 Å². The molecule has 3 aromatic rings. The standard InChI is InChI=1S/C22H21ClF3N7OS/c23-21-19(15-33(30-21)17-5-3-9-28-14-17)32(11-10-29-31-27)20(34)8-13-35-12-7-16-4-1-2-6-18(16)22(24,25)26/h1-6,9,14-15H,7-8,10-13H2. The van der Waals surface area contributed by atoms with E-state index in [1.54, 1.807) is 36.8 Å². The van der Waals surface area contributed by atoms with Gasteiger partial charge in [-0.3, -0.25) is 9.78 Å². The number of thioether (sulfide) groups is 1. The summed E-state index contributed by atoms with van der Waals surface area (Å²) in [6, 6.07) is 8.99. The Kier molecular flexibility index (Phi) is 9.41. The van der Waals surface area contributed by atoms with E-state index in [2.05, 4.69) is 20.1 Å². The first-order chi connectivity index (χ1) is 16.8. The third-order valence-electron chi connectivity index (χ3n) is 4.94. The minimum Gasteiger partial charge on any atom is -0.308 e. The molecule has 0 saturated carbocycles. The lowest BCUT2D eigenvalue weighted by Gasteiger charge is -2.20. The molecule has 1 amide bonds. The minimum atomic E-state index is -4.40. The molecule has 2 heterocycles. The van der Waals surface area contributed by atoms with Crippen LogP contribution in [0.2, 0.25) is 5.15 Å². The maximum Gasteiger partial charge on any atom is 0.416 e. The summed E-state index contributed by atoms with van der Waals surface area (Å²) < 4.78 is 40.9. The van der Waals surface area contributed by atoms with Gasteiger partial charge in [0.25, 0.3) is 0 Å². The van der Waals surface area contributed by atoms with Gasteiger partial charge in [-0.25, -0.2) is 4.68 Å². The van der Waals surface area contributed by atoms with E-state index in [9.17, 15) is 18.0 Å². The summed E-state index contributed by atoms with van der Waals surface area (Å²) in [4.78, 5) is 21.1. The predicted molar refractivity (Wildman–Crippen MR) is 130 cm³/mol. The Morgan fingerprint density at radius 2 is 2.03 bits per heavy atom. The summed E-state index contributed by atoms with van der Waals surface area (Å²) in [7, 11) is 0. The van der Waals surface area contributed by atoms with Gasteiger partial charge in [-0.1, -0.05) is 34.9 Å². The molecule has 0 bridgehead atoms. The third-order valence-corrected chi connectivity index (χ3v) is 6.19. The average molecular weight is 524 g/mol. The Bertz CT molecular complexity index is 1180. The number of hydrogen-bond donors (Lipinski definition) is 0. The molecule has 0 atom stereocenters. The molecule has 2 aromatic heterocycles. The molecule has 0 radical (unpaired) electrons. The number of alkyl halides is 3. The molecule has 0 saturated heterocycles. The topological polar surface area (TPSA) is 99.8 Å². The van der Waals surface area contributed by atoms with Crippen molar-refractivity contribution in [2.45, 2.75) is 19.0 Å². The van der Waals surface area contributed by atoms with E-state index in [0.29, 0.717) is 22.9 Å². The highest BCUT2D eigenvalue weighted by molar-refractivity contribution is 7.99. The number of amides is 1. The second-order valence-electron chi connectivity index (χ2n) is 7.23. The normalized spacial score (nSPS) is 11.2. The summed E-state index contributed by atoms with van der Waals surface area (Å²) in [5.41, 5.74) is 9.19. The van der Waals surface area contributed by atoms with Crippen LogP contribution in [-0.2, 0) is 17.4 Å². The van der Waals surface area contributed by atoms with Crippen molar-refractivity contribution in [2.24, 2.45) is 5.11 Å². The number of hydrogen-bond acceptors (Lipinski definition) is 5. The number of rotatable bonds is 11. The number of carbonyl (C=O) groups is 1. The van der Waals surface area contributed by atoms with Crippen molar-refractivity contribution in [1.82, 2.24) is 14.8 Å². The number of aromatic nitrogens is 3. The maximum absolute atomic E-state index is 13.1. The van der Waals surface area contributed by atoms with E-state index in [1.807, 2.05) is 0 Å². The lowest BCUT2D eigenvalue weighted by atomic mass is 10.1. The highest BCUT2D eigenvalue weighted by Crippen LogP contribution is 2.32. The zero-order valence-electron chi connectivity index (χ0n) is 18.4. The van der Waals surface area contributed by atoms with Crippen LogP contribution in [0.1, 0.15) is 17.5 Å². The molecule has 184 valence electrons. The Hall–Kier alpha value is -3.21. The van der Waals surface area contributed by atoms with Crippen molar-refractivity contribution >= 4 is 35.0 Å². The molecule has 35 heavy (non-hydrogen) atoms. The van der Waals surface area contributed by atoms with E-state index in [1.165, 1.54) is 33.5 Å². The van der Waals surface area contributed by atoms with Crippen molar-refractivity contribution in [3.63, 3.8) is 0 Å². The number of benzene rings is 1. The zero-order valence-corrected chi connectivity index (χ0v) is 20.0. The fraction of sp³-hybridized carbons (Fsp3) is 0.318. The molecule has 0 N–H and O–H groups in total. The van der Waals surface area contributed by atoms with Crippen molar-refractivity contribution in [3.8, 4) is 5.69 Å². The van der Waals surface area contributed by atoms with Gasteiger partial charge >= 0.3 is 6.18 Å². The monoisotopic (exact) mass is 523 g/mol. The number of anilines is 1. The van der Waals surface area contributed by atoms with Gasteiger partial charge in [0.15, 0.2) is 5.15 Å². The van der Waals surface area contributed by atoms with E-state index >= 15 is 0 Å². The molecule has 8 nitrogen and oxygen atoms in total. The fourth-order valence-corrected chi connectivity index (χ4v) is 4.43. The second kappa shape index (κ2) is 12.5. The van der Waals surface area contributed by atoms with Crippen LogP contribution in [0.5, 0.6) is 0 Å². The van der Waals surface area contributed by atoms with Crippen LogP contribution in [0.25, 0.3) is 16.1 Å². The van der Waals surface area contributed by atoms with E-state index in [4.69, 9.17) is 17.1 Å². The molecule has 0 unspecified atom stereocenters. The van der Waals surface area contributed by atoms with Gasteiger partial charge in [0.2, 0.25) is 5.91 Å². The van der Waals surface area contributed by atoms with Crippen LogP contribution in [-0.4, -0.2) is 45.3 Å². The van der Waals surface area contributed by atoms with Gasteiger partial charge in [-0.05, 0) is 41.5 Å². The SMILES string of the molecule is [N-]=[N+]=NCCN(C(=O)CCSCCc1ccccc1C(F)(F)F)c1cn(-c2cccnc2)nc1Cl. The Morgan fingerprint density at radius 3 is 2.74 bits per heavy atom. The molecular weight excluding hydrogens is 503 g/mol. The molecule has 0 spiro atoms. The van der Waals surface area contributed by atoms with Gasteiger partial charge in [0.1, 0.15) is 5.69 Å². The van der Waals surface area contributed by atoms with Crippen LogP contribution in [0.4, 0.5) is 18.9 Å². The fourth-order valence-electron chi connectivity index (χ4n) is 3.31. The van der Waals surface area contributed by atoms with Gasteiger partial charge in [-0.15, -0.1) is 0 Å². The lowest BCUT2D eigenvalue weighted by molar-refractivity contribution is -0.138. The largest absolute Gasteiger partial charge is 0.416 e. The molecular formula is C22H21ClF3N7OS. The molecule has 1 aromatic carbocycles. The summed E-state index contributed by atoms with van der Waals surface area (Å²) >= 11 is 7.69. The van der Waals surface area contributed by atoms with Crippen molar-refractivity contribution in [2.75, 3.05) is 29.5 Å². The lowest BCUT2D eigenvalue weighted by Crippen LogP contribution is -2.33.